The van der Waals surface area contributed by atoms with E-state index in [0.29, 0.717) is 10.9 Å². The van der Waals surface area contributed by atoms with Gasteiger partial charge in [-0.3, -0.25) is 0 Å². The number of alkyl halides is 1. The third-order valence-corrected chi connectivity index (χ3v) is 3.97. The first-order valence-corrected chi connectivity index (χ1v) is 7.06. The highest BCUT2D eigenvalue weighted by Crippen LogP contribution is 2.30. The number of halogens is 3. The number of rotatable bonds is 2. The Bertz CT molecular complexity index is 385. The first kappa shape index (κ1) is 12.8. The molecular weight excluding hydrogens is 288 g/mol. The van der Waals surface area contributed by atoms with Crippen molar-refractivity contribution in [3.8, 4) is 0 Å². The van der Waals surface area contributed by atoms with Crippen LogP contribution in [0.3, 0.4) is 0 Å². The van der Waals surface area contributed by atoms with E-state index in [4.69, 9.17) is 0 Å². The third kappa shape index (κ3) is 2.62. The van der Waals surface area contributed by atoms with Crippen LogP contribution >= 0.6 is 15.9 Å². The lowest BCUT2D eigenvalue weighted by Crippen LogP contribution is -2.38. The van der Waals surface area contributed by atoms with Gasteiger partial charge in [0.1, 0.15) is 17.3 Å². The smallest absolute Gasteiger partial charge is 0.149 e. The van der Waals surface area contributed by atoms with Crippen molar-refractivity contribution in [1.82, 2.24) is 0 Å². The molecule has 0 saturated carbocycles. The molecule has 0 spiro atoms. The molecule has 1 unspecified atom stereocenters. The van der Waals surface area contributed by atoms with E-state index < -0.39 is 11.6 Å². The Hall–Kier alpha value is -0.640. The van der Waals surface area contributed by atoms with Crippen molar-refractivity contribution in [2.24, 2.45) is 0 Å². The van der Waals surface area contributed by atoms with Crippen LogP contribution in [0.25, 0.3) is 0 Å². The van der Waals surface area contributed by atoms with Crippen molar-refractivity contribution >= 4 is 21.6 Å². The van der Waals surface area contributed by atoms with Crippen LogP contribution in [0.2, 0.25) is 0 Å². The van der Waals surface area contributed by atoms with Crippen molar-refractivity contribution < 1.29 is 8.78 Å². The molecule has 4 heteroatoms. The van der Waals surface area contributed by atoms with Gasteiger partial charge in [-0.15, -0.1) is 0 Å². The Kier molecular flexibility index (Phi) is 4.02. The van der Waals surface area contributed by atoms with Gasteiger partial charge in [0.05, 0.1) is 0 Å². The molecule has 0 aliphatic carbocycles. The summed E-state index contributed by atoms with van der Waals surface area (Å²) in [5.74, 6) is -0.901. The zero-order valence-electron chi connectivity index (χ0n) is 9.85. The Morgan fingerprint density at radius 2 is 1.94 bits per heavy atom. The Balaban J connectivity index is 2.37. The van der Waals surface area contributed by atoms with E-state index >= 15 is 0 Å². The number of nitrogens with zero attached hydrogens (tertiary/aromatic N) is 1. The molecule has 1 aromatic rings. The largest absolute Gasteiger partial charge is 0.364 e. The molecule has 1 saturated heterocycles. The van der Waals surface area contributed by atoms with Crippen LogP contribution in [0.4, 0.5) is 14.5 Å². The maximum atomic E-state index is 14.0. The molecule has 1 nitrogen and oxygen atoms in total. The van der Waals surface area contributed by atoms with E-state index in [1.807, 2.05) is 11.8 Å². The standard InChI is InChI=1S/C13H16BrF2N/c1-9-4-2-3-5-17(9)13-11(15)6-10(8-14)7-12(13)16/h6-7,9H,2-5,8H2,1H3. The predicted molar refractivity (Wildman–Crippen MR) is 69.6 cm³/mol. The number of hydrogen-bond donors (Lipinski definition) is 0. The molecule has 2 rings (SSSR count). The molecule has 94 valence electrons. The predicted octanol–water partition coefficient (Wildman–Crippen LogP) is 4.24. The second-order valence-electron chi connectivity index (χ2n) is 4.58. The van der Waals surface area contributed by atoms with Crippen LogP contribution in [0, 0.1) is 11.6 Å². The van der Waals surface area contributed by atoms with Gasteiger partial charge in [0, 0.05) is 17.9 Å². The quantitative estimate of drug-likeness (QED) is 0.739. The fraction of sp³-hybridized carbons (Fsp3) is 0.538. The molecular formula is C13H16BrF2N. The molecule has 17 heavy (non-hydrogen) atoms. The highest BCUT2D eigenvalue weighted by molar-refractivity contribution is 9.08. The van der Waals surface area contributed by atoms with Gasteiger partial charge in [-0.1, -0.05) is 15.9 Å². The Morgan fingerprint density at radius 1 is 1.29 bits per heavy atom. The minimum absolute atomic E-state index is 0.141. The highest BCUT2D eigenvalue weighted by Gasteiger charge is 2.24. The topological polar surface area (TPSA) is 3.24 Å². The number of benzene rings is 1. The SMILES string of the molecule is CC1CCCCN1c1c(F)cc(CBr)cc1F. The maximum Gasteiger partial charge on any atom is 0.149 e. The van der Waals surface area contributed by atoms with Gasteiger partial charge in [-0.2, -0.15) is 0 Å². The second kappa shape index (κ2) is 5.34. The lowest BCUT2D eigenvalue weighted by atomic mass is 10.0. The van der Waals surface area contributed by atoms with E-state index in [1.165, 1.54) is 12.1 Å². The summed E-state index contributed by atoms with van der Waals surface area (Å²) in [6.45, 7) is 2.76. The van der Waals surface area contributed by atoms with Crippen molar-refractivity contribution in [2.75, 3.05) is 11.4 Å². The molecule has 1 atom stereocenters. The van der Waals surface area contributed by atoms with E-state index in [9.17, 15) is 8.78 Å². The zero-order chi connectivity index (χ0) is 12.4. The molecule has 0 amide bonds. The van der Waals surface area contributed by atoms with Crippen LogP contribution in [-0.2, 0) is 5.33 Å². The third-order valence-electron chi connectivity index (χ3n) is 3.32. The second-order valence-corrected chi connectivity index (χ2v) is 5.14. The van der Waals surface area contributed by atoms with Gasteiger partial charge in [-0.05, 0) is 43.9 Å². The molecule has 0 aromatic heterocycles. The summed E-state index contributed by atoms with van der Waals surface area (Å²) in [4.78, 5) is 1.85. The average molecular weight is 304 g/mol. The molecule has 1 heterocycles. The van der Waals surface area contributed by atoms with Gasteiger partial charge < -0.3 is 4.90 Å². The van der Waals surface area contributed by atoms with Crippen molar-refractivity contribution in [1.29, 1.82) is 0 Å². The minimum Gasteiger partial charge on any atom is -0.364 e. The molecule has 0 bridgehead atoms. The van der Waals surface area contributed by atoms with Crippen molar-refractivity contribution in [3.05, 3.63) is 29.3 Å². The molecule has 1 aliphatic rings. The zero-order valence-corrected chi connectivity index (χ0v) is 11.4. The van der Waals surface area contributed by atoms with Crippen LogP contribution in [0.5, 0.6) is 0 Å². The lowest BCUT2D eigenvalue weighted by Gasteiger charge is -2.35. The fourth-order valence-electron chi connectivity index (χ4n) is 2.40. The van der Waals surface area contributed by atoms with Crippen LogP contribution in [0.15, 0.2) is 12.1 Å². The number of hydrogen-bond acceptors (Lipinski definition) is 1. The van der Waals surface area contributed by atoms with Crippen molar-refractivity contribution in [3.63, 3.8) is 0 Å². The lowest BCUT2D eigenvalue weighted by molar-refractivity contribution is 0.464. The molecule has 1 aliphatic heterocycles. The number of anilines is 1. The first-order chi connectivity index (χ1) is 8.13. The first-order valence-electron chi connectivity index (χ1n) is 5.94. The summed E-state index contributed by atoms with van der Waals surface area (Å²) in [5, 5.41) is 0.469. The van der Waals surface area contributed by atoms with Gasteiger partial charge >= 0.3 is 0 Å². The highest BCUT2D eigenvalue weighted by atomic mass is 79.9. The molecule has 1 aromatic carbocycles. The monoisotopic (exact) mass is 303 g/mol. The van der Waals surface area contributed by atoms with Gasteiger partial charge in [-0.25, -0.2) is 8.78 Å². The van der Waals surface area contributed by atoms with Crippen LogP contribution in [0.1, 0.15) is 31.7 Å². The Labute approximate surface area is 109 Å². The van der Waals surface area contributed by atoms with E-state index in [0.717, 1.165) is 25.8 Å². The summed E-state index contributed by atoms with van der Waals surface area (Å²) < 4.78 is 27.9. The van der Waals surface area contributed by atoms with Crippen molar-refractivity contribution in [2.45, 2.75) is 37.6 Å². The van der Waals surface area contributed by atoms with E-state index in [1.54, 1.807) is 0 Å². The van der Waals surface area contributed by atoms with Gasteiger partial charge in [0.15, 0.2) is 0 Å². The maximum absolute atomic E-state index is 14.0. The Morgan fingerprint density at radius 3 is 2.47 bits per heavy atom. The van der Waals surface area contributed by atoms with Crippen LogP contribution < -0.4 is 4.90 Å². The summed E-state index contributed by atoms with van der Waals surface area (Å²) in [6.07, 6.45) is 3.14. The normalized spacial score (nSPS) is 20.7. The minimum atomic E-state index is -0.451. The molecule has 1 fully saturated rings. The summed E-state index contributed by atoms with van der Waals surface area (Å²) in [5.41, 5.74) is 0.773. The number of piperidine rings is 1. The molecule has 0 radical (unpaired) electrons. The fourth-order valence-corrected chi connectivity index (χ4v) is 2.72. The average Bonchev–Trinajstić information content (AvgIpc) is 2.30. The van der Waals surface area contributed by atoms with Crippen LogP contribution in [-0.4, -0.2) is 12.6 Å². The summed E-state index contributed by atoms with van der Waals surface area (Å²) in [7, 11) is 0. The van der Waals surface area contributed by atoms with E-state index in [-0.39, 0.29) is 11.7 Å². The van der Waals surface area contributed by atoms with E-state index in [2.05, 4.69) is 15.9 Å². The summed E-state index contributed by atoms with van der Waals surface area (Å²) in [6, 6.07) is 3.03. The molecule has 0 N–H and O–H groups in total. The summed E-state index contributed by atoms with van der Waals surface area (Å²) >= 11 is 3.21. The van der Waals surface area contributed by atoms with Gasteiger partial charge in [0.2, 0.25) is 0 Å². The van der Waals surface area contributed by atoms with Gasteiger partial charge in [0.25, 0.3) is 0 Å².